The molecule has 1 saturated heterocycles. The van der Waals surface area contributed by atoms with E-state index in [0.29, 0.717) is 18.8 Å². The number of hydrogen-bond acceptors (Lipinski definition) is 6. The molecule has 0 bridgehead atoms. The van der Waals surface area contributed by atoms with E-state index in [9.17, 15) is 9.59 Å². The monoisotopic (exact) mass is 576 g/mol. The first-order chi connectivity index (χ1) is 19.8. The summed E-state index contributed by atoms with van der Waals surface area (Å²) in [4.78, 5) is 32.1. The van der Waals surface area contributed by atoms with Crippen LogP contribution in [0.3, 0.4) is 0 Å². The van der Waals surface area contributed by atoms with E-state index in [0.717, 1.165) is 71.6 Å². The first-order valence-corrected chi connectivity index (χ1v) is 15.7. The molecule has 0 radical (unpaired) electrons. The van der Waals surface area contributed by atoms with Gasteiger partial charge in [-0.2, -0.15) is 0 Å². The van der Waals surface area contributed by atoms with Crippen LogP contribution in [-0.2, 0) is 16.1 Å². The number of aromatic nitrogens is 1. The molecule has 3 aromatic rings. The van der Waals surface area contributed by atoms with Crippen molar-refractivity contribution >= 4 is 29.6 Å². The molecule has 1 aromatic heterocycles. The molecule has 0 spiro atoms. The normalized spacial score (nSPS) is 14.2. The molecule has 2 heterocycles. The van der Waals surface area contributed by atoms with Crippen LogP contribution in [0.25, 0.3) is 11.1 Å². The third-order valence-corrected chi connectivity index (χ3v) is 8.73. The van der Waals surface area contributed by atoms with Gasteiger partial charge >= 0.3 is 0 Å². The number of rotatable bonds is 12. The summed E-state index contributed by atoms with van der Waals surface area (Å²) in [5.41, 5.74) is 5.07. The number of carbonyl (C=O) groups is 2. The summed E-state index contributed by atoms with van der Waals surface area (Å²) in [7, 11) is 0. The Morgan fingerprint density at radius 3 is 2.39 bits per heavy atom. The third-order valence-electron chi connectivity index (χ3n) is 7.87. The average Bonchev–Trinajstić information content (AvgIpc) is 3.31. The standard InChI is InChI=1S/C33H44N4O3S/c1-6-7-15-30(38)37(31(23(2)3)33(39)36-20-11-8-12-21-36)22-26-16-18-27(19-17-26)28-13-9-10-14-29(28)41-35-32-24(4)25(5)34-40-32/h9-10,13-14,16-19,23,31,35H,6-8,11-12,15,20-22H2,1-5H3. The summed E-state index contributed by atoms with van der Waals surface area (Å²) in [6.45, 7) is 12.1. The van der Waals surface area contributed by atoms with E-state index in [-0.39, 0.29) is 17.7 Å². The fraction of sp³-hybridized carbons (Fsp3) is 0.485. The van der Waals surface area contributed by atoms with E-state index >= 15 is 0 Å². The number of benzene rings is 2. The molecule has 0 aliphatic carbocycles. The second-order valence-electron chi connectivity index (χ2n) is 11.3. The molecule has 7 nitrogen and oxygen atoms in total. The predicted octanol–water partition coefficient (Wildman–Crippen LogP) is 7.63. The van der Waals surface area contributed by atoms with Crippen molar-refractivity contribution in [2.24, 2.45) is 5.92 Å². The summed E-state index contributed by atoms with van der Waals surface area (Å²) >= 11 is 1.49. The van der Waals surface area contributed by atoms with Crippen LogP contribution in [0, 0.1) is 19.8 Å². The maximum absolute atomic E-state index is 13.7. The minimum atomic E-state index is -0.455. The molecule has 1 unspecified atom stereocenters. The van der Waals surface area contributed by atoms with Crippen LogP contribution in [0.2, 0.25) is 0 Å². The van der Waals surface area contributed by atoms with Crippen LogP contribution in [0.1, 0.15) is 76.1 Å². The molecule has 8 heteroatoms. The van der Waals surface area contributed by atoms with Crippen molar-refractivity contribution in [3.8, 4) is 11.1 Å². The van der Waals surface area contributed by atoms with Crippen molar-refractivity contribution in [3.05, 3.63) is 65.4 Å². The Bertz CT molecular complexity index is 1300. The SMILES string of the molecule is CCCCC(=O)N(Cc1ccc(-c2ccccc2SNc2onc(C)c2C)cc1)C(C(=O)N1CCCCC1)C(C)C. The van der Waals surface area contributed by atoms with Gasteiger partial charge in [-0.15, -0.1) is 0 Å². The number of hydrogen-bond donors (Lipinski definition) is 1. The van der Waals surface area contributed by atoms with E-state index in [1.165, 1.54) is 18.4 Å². The smallest absolute Gasteiger partial charge is 0.245 e. The van der Waals surface area contributed by atoms with Gasteiger partial charge in [0, 0.05) is 36.5 Å². The number of nitrogens with zero attached hydrogens (tertiary/aromatic N) is 3. The number of amides is 2. The van der Waals surface area contributed by atoms with Crippen LogP contribution >= 0.6 is 11.9 Å². The van der Waals surface area contributed by atoms with Gasteiger partial charge in [-0.25, -0.2) is 0 Å². The highest BCUT2D eigenvalue weighted by Crippen LogP contribution is 2.33. The highest BCUT2D eigenvalue weighted by Gasteiger charge is 2.35. The summed E-state index contributed by atoms with van der Waals surface area (Å²) in [5, 5.41) is 4.03. The number of carbonyl (C=O) groups excluding carboxylic acids is 2. The molecule has 1 fully saturated rings. The molecule has 2 aromatic carbocycles. The topological polar surface area (TPSA) is 78.7 Å². The molecule has 1 aliphatic heterocycles. The van der Waals surface area contributed by atoms with Crippen LogP contribution in [-0.4, -0.2) is 45.9 Å². The zero-order valence-corrected chi connectivity index (χ0v) is 25.9. The third kappa shape index (κ3) is 7.73. The van der Waals surface area contributed by atoms with Gasteiger partial charge < -0.3 is 14.3 Å². The van der Waals surface area contributed by atoms with Crippen LogP contribution in [0.15, 0.2) is 57.9 Å². The second-order valence-corrected chi connectivity index (χ2v) is 12.2. The number of anilines is 1. The lowest BCUT2D eigenvalue weighted by molar-refractivity contribution is -0.149. The molecular formula is C33H44N4O3S. The summed E-state index contributed by atoms with van der Waals surface area (Å²) < 4.78 is 8.70. The number of likely N-dealkylation sites (tertiary alicyclic amines) is 1. The lowest BCUT2D eigenvalue weighted by atomic mass is 9.97. The quantitative estimate of drug-likeness (QED) is 0.223. The number of piperidine rings is 1. The lowest BCUT2D eigenvalue weighted by Gasteiger charge is -2.38. The fourth-order valence-electron chi connectivity index (χ4n) is 5.29. The largest absolute Gasteiger partial charge is 0.341 e. The first-order valence-electron chi connectivity index (χ1n) is 14.9. The molecular weight excluding hydrogens is 532 g/mol. The van der Waals surface area contributed by atoms with Gasteiger partial charge in [0.1, 0.15) is 6.04 Å². The Hall–Kier alpha value is -3.26. The van der Waals surface area contributed by atoms with Gasteiger partial charge in [0.15, 0.2) is 0 Å². The molecule has 41 heavy (non-hydrogen) atoms. The van der Waals surface area contributed by atoms with Crippen molar-refractivity contribution in [1.29, 1.82) is 0 Å². The molecule has 0 saturated carbocycles. The Balaban J connectivity index is 1.54. The Kier molecular flexibility index (Phi) is 10.9. The summed E-state index contributed by atoms with van der Waals surface area (Å²) in [6, 6.07) is 16.1. The van der Waals surface area contributed by atoms with Crippen molar-refractivity contribution in [2.75, 3.05) is 17.8 Å². The van der Waals surface area contributed by atoms with Crippen molar-refractivity contribution in [3.63, 3.8) is 0 Å². The molecule has 1 N–H and O–H groups in total. The second kappa shape index (κ2) is 14.6. The highest BCUT2D eigenvalue weighted by molar-refractivity contribution is 8.00. The van der Waals surface area contributed by atoms with Gasteiger partial charge in [0.25, 0.3) is 0 Å². The molecule has 4 rings (SSSR count). The minimum absolute atomic E-state index is 0.0301. The van der Waals surface area contributed by atoms with Gasteiger partial charge in [-0.3, -0.25) is 14.3 Å². The number of aryl methyl sites for hydroxylation is 1. The number of nitrogens with one attached hydrogen (secondary N) is 1. The van der Waals surface area contributed by atoms with Gasteiger partial charge in [-0.05, 0) is 80.2 Å². The lowest BCUT2D eigenvalue weighted by Crippen LogP contribution is -2.54. The maximum Gasteiger partial charge on any atom is 0.245 e. The van der Waals surface area contributed by atoms with Crippen molar-refractivity contribution in [1.82, 2.24) is 15.0 Å². The van der Waals surface area contributed by atoms with Crippen molar-refractivity contribution in [2.45, 2.75) is 90.6 Å². The maximum atomic E-state index is 13.7. The van der Waals surface area contributed by atoms with Gasteiger partial charge in [-0.1, -0.05) is 74.8 Å². The zero-order chi connectivity index (χ0) is 29.4. The molecule has 1 atom stereocenters. The van der Waals surface area contributed by atoms with E-state index in [1.54, 1.807) is 0 Å². The van der Waals surface area contributed by atoms with Crippen LogP contribution < -0.4 is 4.72 Å². The van der Waals surface area contributed by atoms with Gasteiger partial charge in [0.05, 0.1) is 5.69 Å². The Morgan fingerprint density at radius 1 is 1.05 bits per heavy atom. The van der Waals surface area contributed by atoms with Crippen molar-refractivity contribution < 1.29 is 14.1 Å². The number of unbranched alkanes of at least 4 members (excludes halogenated alkanes) is 1. The summed E-state index contributed by atoms with van der Waals surface area (Å²) in [6.07, 6.45) is 5.48. The minimum Gasteiger partial charge on any atom is -0.341 e. The first kappa shape index (κ1) is 30.7. The molecule has 2 amide bonds. The molecule has 1 aliphatic rings. The van der Waals surface area contributed by atoms with E-state index < -0.39 is 6.04 Å². The van der Waals surface area contributed by atoms with E-state index in [2.05, 4.69) is 67.0 Å². The fourth-order valence-corrected chi connectivity index (χ4v) is 6.12. The average molecular weight is 577 g/mol. The van der Waals surface area contributed by atoms with Crippen LogP contribution in [0.5, 0.6) is 0 Å². The molecule has 220 valence electrons. The highest BCUT2D eigenvalue weighted by atomic mass is 32.2. The Morgan fingerprint density at radius 2 is 1.76 bits per heavy atom. The van der Waals surface area contributed by atoms with E-state index in [1.807, 2.05) is 35.8 Å². The van der Waals surface area contributed by atoms with Crippen LogP contribution in [0.4, 0.5) is 5.88 Å². The Labute approximate surface area is 249 Å². The van der Waals surface area contributed by atoms with E-state index in [4.69, 9.17) is 4.52 Å². The summed E-state index contributed by atoms with van der Waals surface area (Å²) in [5.74, 6) is 0.842. The predicted molar refractivity (Wildman–Crippen MR) is 166 cm³/mol. The zero-order valence-electron chi connectivity index (χ0n) is 25.1. The van der Waals surface area contributed by atoms with Gasteiger partial charge in [0.2, 0.25) is 17.7 Å².